The van der Waals surface area contributed by atoms with Crippen LogP contribution in [0.25, 0.3) is 11.1 Å². The highest BCUT2D eigenvalue weighted by molar-refractivity contribution is 5.76. The van der Waals surface area contributed by atoms with Crippen molar-refractivity contribution in [3.05, 3.63) is 83.4 Å². The first-order valence-corrected chi connectivity index (χ1v) is 9.14. The maximum absolute atomic E-state index is 14.2. The molecule has 0 saturated carbocycles. The third-order valence-electron chi connectivity index (χ3n) is 5.01. The molecule has 154 valence electrons. The van der Waals surface area contributed by atoms with E-state index in [-0.39, 0.29) is 18.4 Å². The van der Waals surface area contributed by atoms with Gasteiger partial charge in [0.15, 0.2) is 5.54 Å². The van der Waals surface area contributed by atoms with E-state index in [1.165, 1.54) is 12.3 Å². The third-order valence-corrected chi connectivity index (χ3v) is 5.01. The number of alkyl halides is 2. The maximum Gasteiger partial charge on any atom is 0.387 e. The molecule has 4 rings (SSSR count). The van der Waals surface area contributed by atoms with E-state index in [4.69, 9.17) is 10.5 Å². The van der Waals surface area contributed by atoms with Crippen LogP contribution in [0.2, 0.25) is 0 Å². The summed E-state index contributed by atoms with van der Waals surface area (Å²) in [7, 11) is 0. The van der Waals surface area contributed by atoms with Gasteiger partial charge in [-0.05, 0) is 59.5 Å². The molecular formula is C22H18F3N3O2. The minimum atomic E-state index is -2.92. The van der Waals surface area contributed by atoms with Crippen molar-refractivity contribution in [2.45, 2.75) is 19.1 Å². The van der Waals surface area contributed by atoms with Gasteiger partial charge in [-0.2, -0.15) is 13.2 Å². The van der Waals surface area contributed by atoms with Gasteiger partial charge in [0.2, 0.25) is 5.95 Å². The molecule has 0 amide bonds. The van der Waals surface area contributed by atoms with Crippen molar-refractivity contribution in [3.8, 4) is 16.9 Å². The second-order valence-electron chi connectivity index (χ2n) is 6.88. The van der Waals surface area contributed by atoms with Crippen LogP contribution in [0.5, 0.6) is 5.75 Å². The van der Waals surface area contributed by atoms with Gasteiger partial charge in [-0.15, -0.1) is 0 Å². The van der Waals surface area contributed by atoms with E-state index in [9.17, 15) is 13.2 Å². The fourth-order valence-electron chi connectivity index (χ4n) is 3.57. The first-order chi connectivity index (χ1) is 14.4. The first-order valence-electron chi connectivity index (χ1n) is 9.14. The van der Waals surface area contributed by atoms with Crippen LogP contribution in [0.15, 0.2) is 65.8 Å². The number of rotatable bonds is 5. The number of aliphatic imine (C=N–C) groups is 1. The summed E-state index contributed by atoms with van der Waals surface area (Å²) in [6, 6.07) is 15.3. The predicted octanol–water partition coefficient (Wildman–Crippen LogP) is 4.39. The molecule has 0 fully saturated rings. The molecule has 0 saturated heterocycles. The predicted molar refractivity (Wildman–Crippen MR) is 106 cm³/mol. The Hall–Kier alpha value is -3.55. The van der Waals surface area contributed by atoms with Crippen LogP contribution in [0.1, 0.15) is 16.7 Å². The molecule has 1 atom stereocenters. The van der Waals surface area contributed by atoms with Crippen molar-refractivity contribution in [1.82, 2.24) is 4.98 Å². The van der Waals surface area contributed by atoms with Crippen LogP contribution in [0.3, 0.4) is 0 Å². The minimum Gasteiger partial charge on any atom is -0.462 e. The molecule has 8 heteroatoms. The fraction of sp³-hybridized carbons (Fsp3) is 0.182. The average molecular weight is 413 g/mol. The summed E-state index contributed by atoms with van der Waals surface area (Å²) >= 11 is 0. The molecule has 3 aromatic rings. The highest BCUT2D eigenvalue weighted by Gasteiger charge is 2.40. The summed E-state index contributed by atoms with van der Waals surface area (Å²) in [5.74, 6) is -0.510. The molecule has 0 radical (unpaired) electrons. The molecule has 1 unspecified atom stereocenters. The lowest BCUT2D eigenvalue weighted by atomic mass is 9.82. The number of aromatic nitrogens is 1. The first kappa shape index (κ1) is 19.8. The summed E-state index contributed by atoms with van der Waals surface area (Å²) in [6.45, 7) is -1.14. The lowest BCUT2D eigenvalue weighted by Crippen LogP contribution is -2.27. The van der Waals surface area contributed by atoms with Crippen LogP contribution in [0.4, 0.5) is 13.2 Å². The van der Waals surface area contributed by atoms with Crippen LogP contribution >= 0.6 is 0 Å². The Labute approximate surface area is 171 Å². The summed E-state index contributed by atoms with van der Waals surface area (Å²) in [5.41, 5.74) is 7.70. The Kier molecular flexibility index (Phi) is 5.07. The number of amidine groups is 1. The molecule has 2 N–H and O–H groups in total. The zero-order chi connectivity index (χ0) is 21.3. The lowest BCUT2D eigenvalue weighted by Gasteiger charge is -2.26. The molecule has 0 bridgehead atoms. The molecule has 1 aromatic heterocycles. The topological polar surface area (TPSA) is 69.7 Å². The number of aryl methyl sites for hydroxylation is 1. The largest absolute Gasteiger partial charge is 0.462 e. The Morgan fingerprint density at radius 2 is 1.90 bits per heavy atom. The zero-order valence-corrected chi connectivity index (χ0v) is 16.0. The second-order valence-corrected chi connectivity index (χ2v) is 6.88. The molecular weight excluding hydrogens is 395 g/mol. The highest BCUT2D eigenvalue weighted by atomic mass is 19.3. The van der Waals surface area contributed by atoms with Crippen molar-refractivity contribution in [2.24, 2.45) is 10.7 Å². The normalized spacial score (nSPS) is 18.2. The maximum atomic E-state index is 14.2. The third kappa shape index (κ3) is 3.56. The number of halogens is 3. The second kappa shape index (κ2) is 7.70. The Morgan fingerprint density at radius 1 is 1.10 bits per heavy atom. The Balaban J connectivity index is 1.83. The number of nitrogens with zero attached hydrogens (tertiary/aromatic N) is 2. The van der Waals surface area contributed by atoms with Crippen LogP contribution in [-0.2, 0) is 10.3 Å². The average Bonchev–Trinajstić information content (AvgIpc) is 3.13. The van der Waals surface area contributed by atoms with Crippen LogP contribution < -0.4 is 10.5 Å². The van der Waals surface area contributed by atoms with Gasteiger partial charge in [0.05, 0.1) is 0 Å². The number of benzene rings is 2. The van der Waals surface area contributed by atoms with E-state index in [1.807, 2.05) is 6.07 Å². The van der Waals surface area contributed by atoms with Gasteiger partial charge in [0.1, 0.15) is 12.4 Å². The van der Waals surface area contributed by atoms with E-state index in [1.54, 1.807) is 49.4 Å². The van der Waals surface area contributed by atoms with E-state index >= 15 is 0 Å². The Bertz CT molecular complexity index is 1120. The fourth-order valence-corrected chi connectivity index (χ4v) is 3.57. The molecule has 30 heavy (non-hydrogen) atoms. The standard InChI is InChI=1S/C22H18F3N3O2/c1-13-10-16(7-8-18(13)30-20(24)25)22(12-29-21(26)28-22)15-5-2-4-14(11-15)17-6-3-9-27-19(17)23/h2-11,20H,12H2,1H3,(H2,26,28). The number of nitrogens with two attached hydrogens (primary N) is 1. The summed E-state index contributed by atoms with van der Waals surface area (Å²) < 4.78 is 49.4. The van der Waals surface area contributed by atoms with Crippen LogP contribution in [-0.4, -0.2) is 24.2 Å². The van der Waals surface area contributed by atoms with Gasteiger partial charge < -0.3 is 15.2 Å². The number of hydrogen-bond donors (Lipinski definition) is 1. The van der Waals surface area contributed by atoms with Gasteiger partial charge in [-0.1, -0.05) is 24.3 Å². The summed E-state index contributed by atoms with van der Waals surface area (Å²) in [6.07, 6.45) is 1.38. The Morgan fingerprint density at radius 3 is 2.57 bits per heavy atom. The minimum absolute atomic E-state index is 0.0125. The van der Waals surface area contributed by atoms with Crippen molar-refractivity contribution < 1.29 is 22.6 Å². The van der Waals surface area contributed by atoms with Gasteiger partial charge in [0.25, 0.3) is 6.02 Å². The SMILES string of the molecule is Cc1cc(C2(c3cccc(-c4cccnc4F)c3)COC(N)=N2)ccc1OC(F)F. The summed E-state index contributed by atoms with van der Waals surface area (Å²) in [4.78, 5) is 8.22. The van der Waals surface area contributed by atoms with E-state index in [0.717, 1.165) is 0 Å². The molecule has 5 nitrogen and oxygen atoms in total. The van der Waals surface area contributed by atoms with E-state index in [2.05, 4.69) is 14.7 Å². The zero-order valence-electron chi connectivity index (χ0n) is 16.0. The monoisotopic (exact) mass is 413 g/mol. The van der Waals surface area contributed by atoms with Gasteiger partial charge in [-0.25, -0.2) is 9.98 Å². The van der Waals surface area contributed by atoms with Gasteiger partial charge in [-0.3, -0.25) is 0 Å². The summed E-state index contributed by atoms with van der Waals surface area (Å²) in [5, 5.41) is 0. The van der Waals surface area contributed by atoms with E-state index < -0.39 is 18.1 Å². The molecule has 1 aliphatic heterocycles. The smallest absolute Gasteiger partial charge is 0.387 e. The highest BCUT2D eigenvalue weighted by Crippen LogP contribution is 2.40. The van der Waals surface area contributed by atoms with Gasteiger partial charge >= 0.3 is 6.61 Å². The molecule has 1 aliphatic rings. The quantitative estimate of drug-likeness (QED) is 0.630. The molecule has 2 aromatic carbocycles. The van der Waals surface area contributed by atoms with E-state index in [0.29, 0.717) is 27.8 Å². The van der Waals surface area contributed by atoms with Crippen LogP contribution in [0, 0.1) is 12.9 Å². The van der Waals surface area contributed by atoms with Crippen molar-refractivity contribution >= 4 is 6.02 Å². The molecule has 2 heterocycles. The molecule has 0 aliphatic carbocycles. The lowest BCUT2D eigenvalue weighted by molar-refractivity contribution is -0.0503. The van der Waals surface area contributed by atoms with Crippen molar-refractivity contribution in [3.63, 3.8) is 0 Å². The number of pyridine rings is 1. The number of ether oxygens (including phenoxy) is 2. The van der Waals surface area contributed by atoms with Crippen molar-refractivity contribution in [1.29, 1.82) is 0 Å². The molecule has 0 spiro atoms. The number of hydrogen-bond acceptors (Lipinski definition) is 5. The van der Waals surface area contributed by atoms with Crippen molar-refractivity contribution in [2.75, 3.05) is 6.61 Å². The van der Waals surface area contributed by atoms with Gasteiger partial charge in [0, 0.05) is 11.8 Å².